The van der Waals surface area contributed by atoms with E-state index in [9.17, 15) is 4.79 Å². The van der Waals surface area contributed by atoms with Gasteiger partial charge >= 0.3 is 0 Å². The van der Waals surface area contributed by atoms with E-state index in [1.54, 1.807) is 0 Å². The molecule has 0 saturated carbocycles. The zero-order chi connectivity index (χ0) is 15.0. The van der Waals surface area contributed by atoms with Gasteiger partial charge in [-0.1, -0.05) is 43.7 Å². The van der Waals surface area contributed by atoms with Crippen LogP contribution in [-0.2, 0) is 11.2 Å². The first kappa shape index (κ1) is 16.7. The highest BCUT2D eigenvalue weighted by molar-refractivity contribution is 5.77. The summed E-state index contributed by atoms with van der Waals surface area (Å²) in [5, 5.41) is 6.36. The van der Waals surface area contributed by atoms with Crippen LogP contribution in [0.25, 0.3) is 0 Å². The fourth-order valence-corrected chi connectivity index (χ4v) is 2.06. The Morgan fingerprint density at radius 3 is 2.60 bits per heavy atom. The first-order valence-corrected chi connectivity index (χ1v) is 7.55. The molecule has 0 saturated heterocycles. The highest BCUT2D eigenvalue weighted by Crippen LogP contribution is 2.07. The molecule has 0 aromatic heterocycles. The molecule has 0 heterocycles. The standard InChI is InChI=1S/C17H28N2O/c1-13(2)17(20)19-11-10-18-15(4)8-9-16-7-5-6-14(3)12-16/h5-7,12-13,15,18H,8-11H2,1-4H3,(H,19,20). The van der Waals surface area contributed by atoms with E-state index in [0.29, 0.717) is 12.6 Å². The molecule has 3 nitrogen and oxygen atoms in total. The van der Waals surface area contributed by atoms with Crippen LogP contribution in [0.3, 0.4) is 0 Å². The Kier molecular flexibility index (Phi) is 7.31. The van der Waals surface area contributed by atoms with Gasteiger partial charge in [0.05, 0.1) is 0 Å². The molecule has 2 N–H and O–H groups in total. The normalized spacial score (nSPS) is 12.4. The third-order valence-electron chi connectivity index (χ3n) is 3.39. The van der Waals surface area contributed by atoms with Crippen LogP contribution in [0.15, 0.2) is 24.3 Å². The van der Waals surface area contributed by atoms with Crippen molar-refractivity contribution in [3.05, 3.63) is 35.4 Å². The van der Waals surface area contributed by atoms with Gasteiger partial charge in [0.1, 0.15) is 0 Å². The SMILES string of the molecule is Cc1cccc(CCC(C)NCCNC(=O)C(C)C)c1. The molecule has 1 aromatic carbocycles. The molecule has 1 amide bonds. The van der Waals surface area contributed by atoms with E-state index in [2.05, 4.69) is 48.7 Å². The molecule has 0 radical (unpaired) electrons. The fourth-order valence-electron chi connectivity index (χ4n) is 2.06. The third kappa shape index (κ3) is 6.71. The minimum atomic E-state index is 0.0637. The molecule has 1 aromatic rings. The lowest BCUT2D eigenvalue weighted by molar-refractivity contribution is -0.123. The molecule has 3 heteroatoms. The number of aryl methyl sites for hydroxylation is 2. The van der Waals surface area contributed by atoms with Gasteiger partial charge in [-0.25, -0.2) is 0 Å². The average Bonchev–Trinajstić information content (AvgIpc) is 2.41. The van der Waals surface area contributed by atoms with Crippen molar-refractivity contribution in [2.24, 2.45) is 5.92 Å². The predicted molar refractivity (Wildman–Crippen MR) is 84.8 cm³/mol. The zero-order valence-corrected chi connectivity index (χ0v) is 13.2. The lowest BCUT2D eigenvalue weighted by atomic mass is 10.0. The van der Waals surface area contributed by atoms with E-state index in [4.69, 9.17) is 0 Å². The van der Waals surface area contributed by atoms with Crippen molar-refractivity contribution in [2.75, 3.05) is 13.1 Å². The summed E-state index contributed by atoms with van der Waals surface area (Å²) >= 11 is 0. The number of hydrogen-bond donors (Lipinski definition) is 2. The molecule has 0 bridgehead atoms. The Morgan fingerprint density at radius 1 is 1.20 bits per heavy atom. The van der Waals surface area contributed by atoms with Crippen LogP contribution in [0.1, 0.15) is 38.3 Å². The average molecular weight is 276 g/mol. The Hall–Kier alpha value is -1.35. The number of rotatable bonds is 8. The third-order valence-corrected chi connectivity index (χ3v) is 3.39. The molecule has 112 valence electrons. The Balaban J connectivity index is 2.14. The van der Waals surface area contributed by atoms with Crippen LogP contribution >= 0.6 is 0 Å². The van der Waals surface area contributed by atoms with Gasteiger partial charge in [-0.3, -0.25) is 4.79 Å². The summed E-state index contributed by atoms with van der Waals surface area (Å²) in [5.74, 6) is 0.188. The summed E-state index contributed by atoms with van der Waals surface area (Å²) in [6.07, 6.45) is 2.20. The van der Waals surface area contributed by atoms with E-state index in [1.807, 2.05) is 13.8 Å². The zero-order valence-electron chi connectivity index (χ0n) is 13.2. The number of hydrogen-bond acceptors (Lipinski definition) is 2. The van der Waals surface area contributed by atoms with Gasteiger partial charge in [0.25, 0.3) is 0 Å². The number of benzene rings is 1. The Bertz CT molecular complexity index is 415. The lowest BCUT2D eigenvalue weighted by Gasteiger charge is -2.15. The predicted octanol–water partition coefficient (Wildman–Crippen LogP) is 2.68. The van der Waals surface area contributed by atoms with Crippen LogP contribution in [0.4, 0.5) is 0 Å². The van der Waals surface area contributed by atoms with Gasteiger partial charge in [0.15, 0.2) is 0 Å². The van der Waals surface area contributed by atoms with E-state index in [-0.39, 0.29) is 11.8 Å². The van der Waals surface area contributed by atoms with Crippen LogP contribution < -0.4 is 10.6 Å². The maximum absolute atomic E-state index is 11.4. The van der Waals surface area contributed by atoms with Crippen molar-refractivity contribution < 1.29 is 4.79 Å². The summed E-state index contributed by atoms with van der Waals surface area (Å²) in [4.78, 5) is 11.4. The maximum Gasteiger partial charge on any atom is 0.222 e. The quantitative estimate of drug-likeness (QED) is 0.717. The topological polar surface area (TPSA) is 41.1 Å². The molecule has 1 unspecified atom stereocenters. The summed E-state index contributed by atoms with van der Waals surface area (Å²) in [7, 11) is 0. The first-order valence-electron chi connectivity index (χ1n) is 7.55. The molecule has 0 aliphatic carbocycles. The molecular weight excluding hydrogens is 248 g/mol. The number of nitrogens with one attached hydrogen (secondary N) is 2. The van der Waals surface area contributed by atoms with Gasteiger partial charge in [-0.15, -0.1) is 0 Å². The highest BCUT2D eigenvalue weighted by Gasteiger charge is 2.06. The second kappa shape index (κ2) is 8.75. The van der Waals surface area contributed by atoms with Gasteiger partial charge in [-0.05, 0) is 32.3 Å². The highest BCUT2D eigenvalue weighted by atomic mass is 16.1. The molecule has 1 rings (SSSR count). The monoisotopic (exact) mass is 276 g/mol. The Morgan fingerprint density at radius 2 is 1.95 bits per heavy atom. The smallest absolute Gasteiger partial charge is 0.222 e. The van der Waals surface area contributed by atoms with Crippen LogP contribution in [0, 0.1) is 12.8 Å². The van der Waals surface area contributed by atoms with Crippen LogP contribution in [-0.4, -0.2) is 25.0 Å². The molecule has 0 aliphatic heterocycles. The summed E-state index contributed by atoms with van der Waals surface area (Å²) in [5.41, 5.74) is 2.71. The lowest BCUT2D eigenvalue weighted by Crippen LogP contribution is -2.37. The minimum absolute atomic E-state index is 0.0637. The van der Waals surface area contributed by atoms with Gasteiger partial charge in [0.2, 0.25) is 5.91 Å². The second-order valence-corrected chi connectivity index (χ2v) is 5.83. The van der Waals surface area contributed by atoms with E-state index in [1.165, 1.54) is 11.1 Å². The summed E-state index contributed by atoms with van der Waals surface area (Å²) in [6.45, 7) is 9.67. The van der Waals surface area contributed by atoms with E-state index < -0.39 is 0 Å². The number of carbonyl (C=O) groups is 1. The van der Waals surface area contributed by atoms with Crippen molar-refractivity contribution >= 4 is 5.91 Å². The summed E-state index contributed by atoms with van der Waals surface area (Å²) in [6, 6.07) is 9.14. The van der Waals surface area contributed by atoms with Crippen molar-refractivity contribution in [3.63, 3.8) is 0 Å². The molecule has 20 heavy (non-hydrogen) atoms. The van der Waals surface area contributed by atoms with E-state index >= 15 is 0 Å². The van der Waals surface area contributed by atoms with Crippen LogP contribution in [0.5, 0.6) is 0 Å². The summed E-state index contributed by atoms with van der Waals surface area (Å²) < 4.78 is 0. The van der Waals surface area contributed by atoms with Crippen LogP contribution in [0.2, 0.25) is 0 Å². The fraction of sp³-hybridized carbons (Fsp3) is 0.588. The molecule has 0 fully saturated rings. The molecule has 0 aliphatic rings. The van der Waals surface area contributed by atoms with Crippen molar-refractivity contribution in [1.82, 2.24) is 10.6 Å². The minimum Gasteiger partial charge on any atom is -0.355 e. The van der Waals surface area contributed by atoms with Gasteiger partial charge in [-0.2, -0.15) is 0 Å². The molecule has 1 atom stereocenters. The second-order valence-electron chi connectivity index (χ2n) is 5.83. The van der Waals surface area contributed by atoms with Crippen molar-refractivity contribution in [1.29, 1.82) is 0 Å². The first-order chi connectivity index (χ1) is 9.49. The molecule has 0 spiro atoms. The molecular formula is C17H28N2O. The van der Waals surface area contributed by atoms with Gasteiger partial charge < -0.3 is 10.6 Å². The van der Waals surface area contributed by atoms with Gasteiger partial charge in [0, 0.05) is 25.0 Å². The Labute approximate surface area is 123 Å². The van der Waals surface area contributed by atoms with Crippen molar-refractivity contribution in [2.45, 2.75) is 46.6 Å². The van der Waals surface area contributed by atoms with Crippen molar-refractivity contribution in [3.8, 4) is 0 Å². The van der Waals surface area contributed by atoms with E-state index in [0.717, 1.165) is 19.4 Å². The number of carbonyl (C=O) groups excluding carboxylic acids is 1. The maximum atomic E-state index is 11.4. The number of amides is 1. The largest absolute Gasteiger partial charge is 0.355 e.